The molecule has 0 fully saturated rings. The Hall–Kier alpha value is -3.66. The first kappa shape index (κ1) is 22.1. The molecule has 0 radical (unpaired) electrons. The number of methoxy groups -OCH3 is 1. The minimum atomic E-state index is -0.0500. The van der Waals surface area contributed by atoms with Gasteiger partial charge in [0.1, 0.15) is 5.75 Å². The van der Waals surface area contributed by atoms with E-state index in [1.807, 2.05) is 52.9 Å². The van der Waals surface area contributed by atoms with Gasteiger partial charge in [0.05, 0.1) is 29.3 Å². The number of ether oxygens (including phenoxy) is 1. The van der Waals surface area contributed by atoms with Gasteiger partial charge in [-0.05, 0) is 36.6 Å². The van der Waals surface area contributed by atoms with Crippen LogP contribution in [0.25, 0.3) is 28.1 Å². The average molecular weight is 477 g/mol. The molecule has 0 spiro atoms. The van der Waals surface area contributed by atoms with Gasteiger partial charge >= 0.3 is 0 Å². The Morgan fingerprint density at radius 3 is 2.71 bits per heavy atom. The van der Waals surface area contributed by atoms with E-state index in [1.54, 1.807) is 11.7 Å². The first-order chi connectivity index (χ1) is 16.6. The molecule has 3 heterocycles. The summed E-state index contributed by atoms with van der Waals surface area (Å²) < 4.78 is 14.5. The highest BCUT2D eigenvalue weighted by molar-refractivity contribution is 7.98. The van der Waals surface area contributed by atoms with E-state index in [9.17, 15) is 4.79 Å². The van der Waals surface area contributed by atoms with Crippen molar-refractivity contribution in [1.29, 1.82) is 0 Å². The predicted octanol–water partition coefficient (Wildman–Crippen LogP) is 4.44. The number of para-hydroxylation sites is 2. The topological polar surface area (TPSA) is 100 Å². The molecule has 0 N–H and O–H groups in total. The van der Waals surface area contributed by atoms with Crippen molar-refractivity contribution in [3.8, 4) is 17.1 Å². The molecule has 10 heteroatoms. The van der Waals surface area contributed by atoms with Crippen LogP contribution in [0.3, 0.4) is 0 Å². The molecule has 0 saturated heterocycles. The quantitative estimate of drug-likeness (QED) is 0.303. The van der Waals surface area contributed by atoms with Crippen molar-refractivity contribution >= 4 is 28.4 Å². The number of rotatable bonds is 8. The molecule has 34 heavy (non-hydrogen) atoms. The molecule has 0 saturated carbocycles. The van der Waals surface area contributed by atoms with Crippen LogP contribution in [0, 0.1) is 5.92 Å². The normalized spacial score (nSPS) is 11.6. The number of aromatic nitrogens is 6. The Labute approximate surface area is 199 Å². The van der Waals surface area contributed by atoms with E-state index in [2.05, 4.69) is 34.2 Å². The molecular weight excluding hydrogens is 452 g/mol. The van der Waals surface area contributed by atoms with E-state index >= 15 is 0 Å². The summed E-state index contributed by atoms with van der Waals surface area (Å²) in [5, 5.41) is 14.2. The van der Waals surface area contributed by atoms with E-state index in [1.165, 1.54) is 11.8 Å². The maximum absolute atomic E-state index is 13.2. The van der Waals surface area contributed by atoms with Gasteiger partial charge < -0.3 is 9.26 Å². The Bertz CT molecular complexity index is 1520. The van der Waals surface area contributed by atoms with Gasteiger partial charge in [0, 0.05) is 6.54 Å². The van der Waals surface area contributed by atoms with Crippen molar-refractivity contribution in [2.24, 2.45) is 5.92 Å². The van der Waals surface area contributed by atoms with Crippen LogP contribution in [-0.4, -0.2) is 36.4 Å². The van der Waals surface area contributed by atoms with Crippen LogP contribution in [0.5, 0.6) is 5.75 Å². The van der Waals surface area contributed by atoms with Crippen LogP contribution < -0.4 is 10.3 Å². The van der Waals surface area contributed by atoms with Crippen molar-refractivity contribution in [1.82, 2.24) is 29.3 Å². The Morgan fingerprint density at radius 1 is 1.09 bits per heavy atom. The van der Waals surface area contributed by atoms with Crippen LogP contribution >= 0.6 is 11.8 Å². The van der Waals surface area contributed by atoms with Crippen LogP contribution in [-0.2, 0) is 12.3 Å². The average Bonchev–Trinajstić information content (AvgIpc) is 3.50. The SMILES string of the molecule is COc1ccccc1-c1noc(CSc2nnc3n(CCC(C)C)c(=O)c4ccccc4n23)n1. The molecule has 0 aliphatic carbocycles. The Balaban J connectivity index is 1.49. The molecule has 0 aliphatic heterocycles. The summed E-state index contributed by atoms with van der Waals surface area (Å²) in [6, 6.07) is 15.1. The lowest BCUT2D eigenvalue weighted by molar-refractivity contribution is 0.390. The van der Waals surface area contributed by atoms with Crippen molar-refractivity contribution in [3.05, 3.63) is 64.8 Å². The standard InChI is InChI=1S/C24H24N6O3S/c1-15(2)12-13-29-22(31)16-8-4-6-10-18(16)30-23(29)26-27-24(30)34-14-20-25-21(28-33-20)17-9-5-7-11-19(17)32-3/h4-11,15H,12-14H2,1-3H3. The molecule has 0 atom stereocenters. The number of fused-ring (bicyclic) bond motifs is 3. The summed E-state index contributed by atoms with van der Waals surface area (Å²) in [5.41, 5.74) is 1.49. The lowest BCUT2D eigenvalue weighted by Crippen LogP contribution is -2.24. The Morgan fingerprint density at radius 2 is 1.88 bits per heavy atom. The van der Waals surface area contributed by atoms with Crippen molar-refractivity contribution < 1.29 is 9.26 Å². The summed E-state index contributed by atoms with van der Waals surface area (Å²) in [6.07, 6.45) is 0.872. The second-order valence-electron chi connectivity index (χ2n) is 8.28. The third kappa shape index (κ3) is 4.05. The molecule has 2 aromatic carbocycles. The lowest BCUT2D eigenvalue weighted by Gasteiger charge is -2.12. The van der Waals surface area contributed by atoms with Crippen molar-refractivity contribution in [2.45, 2.75) is 37.7 Å². The van der Waals surface area contributed by atoms with Gasteiger partial charge in [0.25, 0.3) is 5.56 Å². The van der Waals surface area contributed by atoms with Gasteiger partial charge in [0.15, 0.2) is 5.16 Å². The number of nitrogens with zero attached hydrogens (tertiary/aromatic N) is 6. The molecule has 5 rings (SSSR count). The highest BCUT2D eigenvalue weighted by atomic mass is 32.2. The van der Waals surface area contributed by atoms with Gasteiger partial charge in [-0.15, -0.1) is 10.2 Å². The molecule has 0 unspecified atom stereocenters. The monoisotopic (exact) mass is 476 g/mol. The zero-order chi connectivity index (χ0) is 23.7. The summed E-state index contributed by atoms with van der Waals surface area (Å²) >= 11 is 1.43. The zero-order valence-electron chi connectivity index (χ0n) is 19.1. The minimum absolute atomic E-state index is 0.0500. The van der Waals surface area contributed by atoms with E-state index < -0.39 is 0 Å². The van der Waals surface area contributed by atoms with Gasteiger partial charge in [-0.2, -0.15) is 4.98 Å². The first-order valence-electron chi connectivity index (χ1n) is 11.0. The van der Waals surface area contributed by atoms with Crippen LogP contribution in [0.15, 0.2) is 63.0 Å². The third-order valence-corrected chi connectivity index (χ3v) is 6.46. The maximum Gasteiger partial charge on any atom is 0.262 e. The fourth-order valence-corrected chi connectivity index (χ4v) is 4.57. The number of thioether (sulfide) groups is 1. The lowest BCUT2D eigenvalue weighted by atomic mass is 10.1. The smallest absolute Gasteiger partial charge is 0.262 e. The van der Waals surface area contributed by atoms with Crippen LogP contribution in [0.2, 0.25) is 0 Å². The Kier molecular flexibility index (Phi) is 6.06. The van der Waals surface area contributed by atoms with E-state index in [0.29, 0.717) is 52.0 Å². The van der Waals surface area contributed by atoms with Gasteiger partial charge in [-0.25, -0.2) is 0 Å². The minimum Gasteiger partial charge on any atom is -0.496 e. The highest BCUT2D eigenvalue weighted by Crippen LogP contribution is 2.29. The first-order valence-corrected chi connectivity index (χ1v) is 12.0. The second-order valence-corrected chi connectivity index (χ2v) is 9.22. The fourth-order valence-electron chi connectivity index (χ4n) is 3.79. The molecule has 9 nitrogen and oxygen atoms in total. The molecule has 0 amide bonds. The zero-order valence-corrected chi connectivity index (χ0v) is 20.0. The summed E-state index contributed by atoms with van der Waals surface area (Å²) in [5.74, 6) is 3.00. The van der Waals surface area contributed by atoms with Crippen LogP contribution in [0.4, 0.5) is 0 Å². The number of hydrogen-bond donors (Lipinski definition) is 0. The van der Waals surface area contributed by atoms with Crippen molar-refractivity contribution in [2.75, 3.05) is 7.11 Å². The predicted molar refractivity (Wildman–Crippen MR) is 130 cm³/mol. The van der Waals surface area contributed by atoms with Gasteiger partial charge in [-0.3, -0.25) is 13.8 Å². The van der Waals surface area contributed by atoms with Crippen molar-refractivity contribution in [3.63, 3.8) is 0 Å². The largest absolute Gasteiger partial charge is 0.496 e. The summed E-state index contributed by atoms with van der Waals surface area (Å²) in [7, 11) is 1.61. The summed E-state index contributed by atoms with van der Waals surface area (Å²) in [4.78, 5) is 17.7. The molecule has 0 bridgehead atoms. The molecule has 0 aliphatic rings. The molecule has 174 valence electrons. The highest BCUT2D eigenvalue weighted by Gasteiger charge is 2.19. The second kappa shape index (κ2) is 9.30. The number of aryl methyl sites for hydroxylation is 1. The van der Waals surface area contributed by atoms with E-state index in [-0.39, 0.29) is 5.56 Å². The van der Waals surface area contributed by atoms with Gasteiger partial charge in [0.2, 0.25) is 17.5 Å². The maximum atomic E-state index is 13.2. The van der Waals surface area contributed by atoms with E-state index in [0.717, 1.165) is 17.5 Å². The molecule has 5 aromatic rings. The summed E-state index contributed by atoms with van der Waals surface area (Å²) in [6.45, 7) is 4.86. The van der Waals surface area contributed by atoms with Crippen LogP contribution in [0.1, 0.15) is 26.2 Å². The molecular formula is C24H24N6O3S. The fraction of sp³-hybridized carbons (Fsp3) is 0.292. The third-order valence-electron chi connectivity index (χ3n) is 5.55. The number of hydrogen-bond acceptors (Lipinski definition) is 8. The van der Waals surface area contributed by atoms with Gasteiger partial charge in [-0.1, -0.05) is 55.0 Å². The van der Waals surface area contributed by atoms with E-state index in [4.69, 9.17) is 9.26 Å². The molecule has 3 aromatic heterocycles. The number of benzene rings is 2.